The second-order valence-corrected chi connectivity index (χ2v) is 6.44. The van der Waals surface area contributed by atoms with Crippen LogP contribution in [0.1, 0.15) is 19.7 Å². The van der Waals surface area contributed by atoms with E-state index in [2.05, 4.69) is 16.0 Å². The fourth-order valence-electron chi connectivity index (χ4n) is 3.16. The molecule has 0 saturated carbocycles. The molecule has 0 atom stereocenters. The van der Waals surface area contributed by atoms with Crippen LogP contribution in [0.3, 0.4) is 0 Å². The van der Waals surface area contributed by atoms with Crippen LogP contribution in [0.15, 0.2) is 60.7 Å². The average molecular weight is 393 g/mol. The molecular formula is C23H27N3O3. The minimum Gasteiger partial charge on any atom is -0.490 e. The molecule has 3 aromatic rings. The van der Waals surface area contributed by atoms with Gasteiger partial charge in [-0.05, 0) is 44.2 Å². The zero-order valence-corrected chi connectivity index (χ0v) is 16.9. The first-order chi connectivity index (χ1) is 14.2. The first-order valence-corrected chi connectivity index (χ1v) is 9.92. The normalized spacial score (nSPS) is 11.1. The lowest BCUT2D eigenvalue weighted by atomic mass is 10.3. The van der Waals surface area contributed by atoms with E-state index in [9.17, 15) is 4.79 Å². The molecule has 1 amide bonds. The van der Waals surface area contributed by atoms with Gasteiger partial charge in [0.15, 0.2) is 11.5 Å². The van der Waals surface area contributed by atoms with Crippen LogP contribution >= 0.6 is 0 Å². The van der Waals surface area contributed by atoms with Gasteiger partial charge in [-0.2, -0.15) is 0 Å². The molecule has 2 aromatic carbocycles. The van der Waals surface area contributed by atoms with Crippen LogP contribution < -0.4 is 14.8 Å². The Hall–Kier alpha value is -3.28. The van der Waals surface area contributed by atoms with Gasteiger partial charge < -0.3 is 19.4 Å². The van der Waals surface area contributed by atoms with E-state index in [-0.39, 0.29) is 5.91 Å². The largest absolute Gasteiger partial charge is 0.490 e. The number of carbonyl (C=O) groups excluding carboxylic acids is 1. The van der Waals surface area contributed by atoms with E-state index in [1.165, 1.54) is 6.08 Å². The monoisotopic (exact) mass is 393 g/mol. The van der Waals surface area contributed by atoms with Gasteiger partial charge >= 0.3 is 0 Å². The number of carbonyl (C=O) groups is 1. The van der Waals surface area contributed by atoms with Crippen molar-refractivity contribution < 1.29 is 14.3 Å². The Balaban J connectivity index is 1.70. The lowest BCUT2D eigenvalue weighted by Gasteiger charge is -2.13. The number of fused-ring (bicyclic) bond motifs is 1. The molecule has 3 rings (SSSR count). The number of imidazole rings is 1. The third-order valence-corrected chi connectivity index (χ3v) is 4.42. The fourth-order valence-corrected chi connectivity index (χ4v) is 3.16. The number of aromatic nitrogens is 2. The topological polar surface area (TPSA) is 65.4 Å². The summed E-state index contributed by atoms with van der Waals surface area (Å²) in [6.07, 6.45) is 3.89. The van der Waals surface area contributed by atoms with Gasteiger partial charge in [0.25, 0.3) is 0 Å². The molecule has 29 heavy (non-hydrogen) atoms. The summed E-state index contributed by atoms with van der Waals surface area (Å²) in [5.74, 6) is 2.32. The summed E-state index contributed by atoms with van der Waals surface area (Å²) in [7, 11) is 0. The minimum atomic E-state index is -0.0916. The van der Waals surface area contributed by atoms with Crippen molar-refractivity contribution in [2.45, 2.75) is 26.8 Å². The highest BCUT2D eigenvalue weighted by molar-refractivity contribution is 5.87. The van der Waals surface area contributed by atoms with Crippen molar-refractivity contribution in [2.75, 3.05) is 19.8 Å². The molecule has 0 spiro atoms. The summed E-state index contributed by atoms with van der Waals surface area (Å²) in [6.45, 7) is 6.04. The number of hydrogen-bond donors (Lipinski definition) is 1. The van der Waals surface area contributed by atoms with Gasteiger partial charge in [0.2, 0.25) is 5.91 Å². The molecule has 1 N–H and O–H groups in total. The van der Waals surface area contributed by atoms with E-state index in [4.69, 9.17) is 14.5 Å². The molecule has 6 heteroatoms. The molecular weight excluding hydrogens is 366 g/mol. The Bertz CT molecular complexity index is 978. The smallest absolute Gasteiger partial charge is 0.243 e. The minimum absolute atomic E-state index is 0.0916. The first-order valence-electron chi connectivity index (χ1n) is 9.92. The standard InChI is InChI=1S/C23H27N3O3/c1-3-9-23(27)24-15-14-22-25-18-10-5-6-11-19(18)26(22)16-17-29-21-13-8-7-12-20(21)28-4-2/h3,5-13H,4,14-17H2,1-2H3,(H,24,27)/b9-3+. The summed E-state index contributed by atoms with van der Waals surface area (Å²) in [5, 5.41) is 2.88. The predicted octanol–water partition coefficient (Wildman–Crippen LogP) is 3.75. The third-order valence-electron chi connectivity index (χ3n) is 4.42. The van der Waals surface area contributed by atoms with Crippen LogP contribution in [-0.4, -0.2) is 35.2 Å². The Morgan fingerprint density at radius 2 is 1.83 bits per heavy atom. The van der Waals surface area contributed by atoms with Crippen molar-refractivity contribution in [3.63, 3.8) is 0 Å². The Kier molecular flexibility index (Phi) is 7.28. The molecule has 0 radical (unpaired) electrons. The molecule has 6 nitrogen and oxygen atoms in total. The maximum atomic E-state index is 11.6. The van der Waals surface area contributed by atoms with Gasteiger partial charge in [-0.1, -0.05) is 30.3 Å². The number of rotatable bonds is 10. The van der Waals surface area contributed by atoms with Crippen molar-refractivity contribution in [3.8, 4) is 11.5 Å². The SMILES string of the molecule is C/C=C/C(=O)NCCc1nc2ccccc2n1CCOc1ccccc1OCC. The third kappa shape index (κ3) is 5.38. The Morgan fingerprint density at radius 3 is 2.59 bits per heavy atom. The second kappa shape index (κ2) is 10.3. The van der Waals surface area contributed by atoms with E-state index in [0.29, 0.717) is 32.7 Å². The summed E-state index contributed by atoms with van der Waals surface area (Å²) >= 11 is 0. The van der Waals surface area contributed by atoms with Crippen LogP contribution in [0.5, 0.6) is 11.5 Å². The summed E-state index contributed by atoms with van der Waals surface area (Å²) in [5.41, 5.74) is 2.00. The van der Waals surface area contributed by atoms with Crippen molar-refractivity contribution in [1.82, 2.24) is 14.9 Å². The quantitative estimate of drug-likeness (QED) is 0.533. The lowest BCUT2D eigenvalue weighted by molar-refractivity contribution is -0.116. The van der Waals surface area contributed by atoms with Crippen LogP contribution in [0, 0.1) is 0 Å². The number of para-hydroxylation sites is 4. The highest BCUT2D eigenvalue weighted by atomic mass is 16.5. The molecule has 0 saturated heterocycles. The second-order valence-electron chi connectivity index (χ2n) is 6.44. The zero-order chi connectivity index (χ0) is 20.5. The van der Waals surface area contributed by atoms with E-state index >= 15 is 0 Å². The van der Waals surface area contributed by atoms with Gasteiger partial charge in [0.05, 0.1) is 24.2 Å². The summed E-state index contributed by atoms with van der Waals surface area (Å²) in [4.78, 5) is 16.4. The maximum absolute atomic E-state index is 11.6. The molecule has 0 fully saturated rings. The number of hydrogen-bond acceptors (Lipinski definition) is 4. The number of nitrogens with one attached hydrogen (secondary N) is 1. The van der Waals surface area contributed by atoms with Gasteiger partial charge in [0, 0.05) is 13.0 Å². The van der Waals surface area contributed by atoms with Crippen LogP contribution in [0.2, 0.25) is 0 Å². The van der Waals surface area contributed by atoms with Gasteiger partial charge in [0.1, 0.15) is 12.4 Å². The summed E-state index contributed by atoms with van der Waals surface area (Å²) < 4.78 is 13.8. The number of nitrogens with zero attached hydrogens (tertiary/aromatic N) is 2. The van der Waals surface area contributed by atoms with Crippen molar-refractivity contribution >= 4 is 16.9 Å². The molecule has 0 unspecified atom stereocenters. The highest BCUT2D eigenvalue weighted by Crippen LogP contribution is 2.26. The summed E-state index contributed by atoms with van der Waals surface area (Å²) in [6, 6.07) is 15.7. The van der Waals surface area contributed by atoms with E-state index in [1.807, 2.05) is 56.3 Å². The number of allylic oxidation sites excluding steroid dienone is 1. The van der Waals surface area contributed by atoms with E-state index in [1.54, 1.807) is 6.08 Å². The Morgan fingerprint density at radius 1 is 1.10 bits per heavy atom. The lowest BCUT2D eigenvalue weighted by Crippen LogP contribution is -2.24. The van der Waals surface area contributed by atoms with E-state index in [0.717, 1.165) is 28.4 Å². The molecule has 152 valence electrons. The van der Waals surface area contributed by atoms with Crippen molar-refractivity contribution in [1.29, 1.82) is 0 Å². The van der Waals surface area contributed by atoms with Crippen molar-refractivity contribution in [3.05, 3.63) is 66.5 Å². The molecule has 1 aromatic heterocycles. The van der Waals surface area contributed by atoms with E-state index < -0.39 is 0 Å². The van der Waals surface area contributed by atoms with Crippen LogP contribution in [0.4, 0.5) is 0 Å². The first kappa shape index (κ1) is 20.5. The fraction of sp³-hybridized carbons (Fsp3) is 0.304. The molecule has 0 aliphatic heterocycles. The highest BCUT2D eigenvalue weighted by Gasteiger charge is 2.11. The number of ether oxygens (including phenoxy) is 2. The Labute approximate surface area is 171 Å². The molecule has 0 bridgehead atoms. The molecule has 0 aliphatic carbocycles. The number of benzene rings is 2. The predicted molar refractivity (Wildman–Crippen MR) is 114 cm³/mol. The average Bonchev–Trinajstić information content (AvgIpc) is 3.07. The maximum Gasteiger partial charge on any atom is 0.243 e. The number of amides is 1. The van der Waals surface area contributed by atoms with Gasteiger partial charge in [-0.3, -0.25) is 4.79 Å². The van der Waals surface area contributed by atoms with Crippen LogP contribution in [0.25, 0.3) is 11.0 Å². The molecule has 1 heterocycles. The molecule has 0 aliphatic rings. The van der Waals surface area contributed by atoms with Gasteiger partial charge in [-0.25, -0.2) is 4.98 Å². The van der Waals surface area contributed by atoms with Crippen LogP contribution in [-0.2, 0) is 17.8 Å². The zero-order valence-electron chi connectivity index (χ0n) is 16.9. The van der Waals surface area contributed by atoms with Gasteiger partial charge in [-0.15, -0.1) is 0 Å². The van der Waals surface area contributed by atoms with Crippen molar-refractivity contribution in [2.24, 2.45) is 0 Å².